The molecule has 0 aliphatic heterocycles. The lowest BCUT2D eigenvalue weighted by atomic mass is 10.0. The highest BCUT2D eigenvalue weighted by Crippen LogP contribution is 2.23. The molecule has 23 heavy (non-hydrogen) atoms. The second-order valence-corrected chi connectivity index (χ2v) is 6.67. The van der Waals surface area contributed by atoms with Crippen molar-refractivity contribution in [3.05, 3.63) is 46.0 Å². The molecule has 0 radical (unpaired) electrons. The maximum atomic E-state index is 12.2. The number of hydrogen-bond acceptors (Lipinski definition) is 5. The lowest BCUT2D eigenvalue weighted by Crippen LogP contribution is -2.11. The molecule has 0 aliphatic carbocycles. The molecule has 0 fully saturated rings. The summed E-state index contributed by atoms with van der Waals surface area (Å²) < 4.78 is 4.68. The van der Waals surface area contributed by atoms with Crippen LogP contribution in [0.1, 0.15) is 45.1 Å². The van der Waals surface area contributed by atoms with Crippen LogP contribution in [0.3, 0.4) is 0 Å². The smallest absolute Gasteiger partial charge is 0.350 e. The van der Waals surface area contributed by atoms with Gasteiger partial charge in [0.15, 0.2) is 5.13 Å². The minimum absolute atomic E-state index is 0.244. The monoisotopic (exact) mass is 332 g/mol. The molecule has 2 rings (SSSR count). The molecule has 1 amide bonds. The first-order valence-corrected chi connectivity index (χ1v) is 8.18. The molecular formula is C17H20N2O3S. The van der Waals surface area contributed by atoms with Crippen LogP contribution in [0, 0.1) is 12.8 Å². The summed E-state index contributed by atoms with van der Waals surface area (Å²) in [6.45, 7) is 6.02. The summed E-state index contributed by atoms with van der Waals surface area (Å²) in [5.74, 6) is -0.116. The Balaban J connectivity index is 2.08. The number of amides is 1. The molecule has 1 N–H and O–H groups in total. The van der Waals surface area contributed by atoms with Crippen LogP contribution in [-0.2, 0) is 11.2 Å². The molecule has 6 heteroatoms. The summed E-state index contributed by atoms with van der Waals surface area (Å²) >= 11 is 1.11. The zero-order valence-corrected chi connectivity index (χ0v) is 14.5. The van der Waals surface area contributed by atoms with Crippen LogP contribution >= 0.6 is 11.3 Å². The van der Waals surface area contributed by atoms with Crippen molar-refractivity contribution in [1.82, 2.24) is 4.98 Å². The van der Waals surface area contributed by atoms with Crippen molar-refractivity contribution in [2.45, 2.75) is 27.2 Å². The van der Waals surface area contributed by atoms with Crippen LogP contribution in [0.2, 0.25) is 0 Å². The van der Waals surface area contributed by atoms with Crippen molar-refractivity contribution in [2.24, 2.45) is 5.92 Å². The van der Waals surface area contributed by atoms with Gasteiger partial charge in [-0.1, -0.05) is 37.3 Å². The topological polar surface area (TPSA) is 68.3 Å². The fourth-order valence-electron chi connectivity index (χ4n) is 2.16. The predicted molar refractivity (Wildman–Crippen MR) is 91.1 cm³/mol. The number of benzene rings is 1. The number of nitrogens with zero attached hydrogens (tertiary/aromatic N) is 1. The second-order valence-electron chi connectivity index (χ2n) is 5.67. The van der Waals surface area contributed by atoms with E-state index in [1.165, 1.54) is 12.7 Å². The van der Waals surface area contributed by atoms with E-state index >= 15 is 0 Å². The van der Waals surface area contributed by atoms with E-state index in [-0.39, 0.29) is 5.91 Å². The molecule has 1 heterocycles. The van der Waals surface area contributed by atoms with E-state index < -0.39 is 5.97 Å². The summed E-state index contributed by atoms with van der Waals surface area (Å²) in [5.41, 5.74) is 2.31. The number of hydrogen-bond donors (Lipinski definition) is 1. The van der Waals surface area contributed by atoms with Crippen molar-refractivity contribution >= 4 is 28.3 Å². The molecule has 0 unspecified atom stereocenters. The summed E-state index contributed by atoms with van der Waals surface area (Å²) in [6, 6.07) is 7.52. The number of carbonyl (C=O) groups excluding carboxylic acids is 2. The van der Waals surface area contributed by atoms with Gasteiger partial charge in [0.25, 0.3) is 5.91 Å². The lowest BCUT2D eigenvalue weighted by Gasteiger charge is -2.06. The highest BCUT2D eigenvalue weighted by Gasteiger charge is 2.17. The van der Waals surface area contributed by atoms with E-state index in [2.05, 4.69) is 28.9 Å². The van der Waals surface area contributed by atoms with E-state index in [0.29, 0.717) is 27.2 Å². The SMILES string of the molecule is COC(=O)c1sc(NC(=O)c2ccc(CC(C)C)cc2)nc1C. The normalized spacial score (nSPS) is 10.7. The highest BCUT2D eigenvalue weighted by molar-refractivity contribution is 7.17. The molecule has 0 atom stereocenters. The van der Waals surface area contributed by atoms with Crippen LogP contribution in [0.4, 0.5) is 5.13 Å². The van der Waals surface area contributed by atoms with Crippen molar-refractivity contribution in [3.63, 3.8) is 0 Å². The van der Waals surface area contributed by atoms with Gasteiger partial charge in [0.2, 0.25) is 0 Å². The van der Waals surface area contributed by atoms with Gasteiger partial charge in [-0.3, -0.25) is 10.1 Å². The Kier molecular flexibility index (Phi) is 5.50. The molecule has 0 saturated carbocycles. The zero-order valence-electron chi connectivity index (χ0n) is 13.7. The number of aryl methyl sites for hydroxylation is 1. The number of nitrogens with one attached hydrogen (secondary N) is 1. The summed E-state index contributed by atoms with van der Waals surface area (Å²) in [4.78, 5) is 28.4. The van der Waals surface area contributed by atoms with E-state index in [4.69, 9.17) is 0 Å². The Bertz CT molecular complexity index is 705. The Labute approximate surface area is 139 Å². The molecule has 0 aliphatic rings. The van der Waals surface area contributed by atoms with Crippen LogP contribution in [0.15, 0.2) is 24.3 Å². The number of rotatable bonds is 5. The van der Waals surface area contributed by atoms with Gasteiger partial charge in [-0.25, -0.2) is 9.78 Å². The summed E-state index contributed by atoms with van der Waals surface area (Å²) in [5, 5.41) is 3.11. The van der Waals surface area contributed by atoms with Gasteiger partial charge in [0, 0.05) is 5.56 Å². The second kappa shape index (κ2) is 7.37. The number of aromatic nitrogens is 1. The third kappa shape index (κ3) is 4.39. The first-order valence-electron chi connectivity index (χ1n) is 7.36. The lowest BCUT2D eigenvalue weighted by molar-refractivity contribution is 0.0605. The molecular weight excluding hydrogens is 312 g/mol. The standard InChI is InChI=1S/C17H20N2O3S/c1-10(2)9-12-5-7-13(8-6-12)15(20)19-17-18-11(3)14(23-17)16(21)22-4/h5-8,10H,9H2,1-4H3,(H,18,19,20). The highest BCUT2D eigenvalue weighted by atomic mass is 32.1. The predicted octanol–water partition coefficient (Wildman–Crippen LogP) is 3.69. The first-order chi connectivity index (χ1) is 10.9. The summed E-state index contributed by atoms with van der Waals surface area (Å²) in [6.07, 6.45) is 0.982. The molecule has 0 saturated heterocycles. The Hall–Kier alpha value is -2.21. The quantitative estimate of drug-likeness (QED) is 0.848. The zero-order chi connectivity index (χ0) is 17.0. The van der Waals surface area contributed by atoms with Gasteiger partial charge < -0.3 is 4.74 Å². The number of ether oxygens (including phenoxy) is 1. The van der Waals surface area contributed by atoms with Gasteiger partial charge in [-0.2, -0.15) is 0 Å². The molecule has 122 valence electrons. The molecule has 2 aromatic rings. The average molecular weight is 332 g/mol. The van der Waals surface area contributed by atoms with E-state index in [0.717, 1.165) is 17.8 Å². The van der Waals surface area contributed by atoms with Gasteiger partial charge in [-0.05, 0) is 37.0 Å². The Morgan fingerprint density at radius 2 is 1.91 bits per heavy atom. The summed E-state index contributed by atoms with van der Waals surface area (Å²) in [7, 11) is 1.32. The fraction of sp³-hybridized carbons (Fsp3) is 0.353. The van der Waals surface area contributed by atoms with E-state index in [1.54, 1.807) is 19.1 Å². The molecule has 5 nitrogen and oxygen atoms in total. The maximum absolute atomic E-state index is 12.2. The number of anilines is 1. The number of carbonyl (C=O) groups is 2. The Morgan fingerprint density at radius 3 is 2.48 bits per heavy atom. The number of esters is 1. The average Bonchev–Trinajstić information content (AvgIpc) is 2.87. The molecule has 0 spiro atoms. The Morgan fingerprint density at radius 1 is 1.26 bits per heavy atom. The third-order valence-corrected chi connectivity index (χ3v) is 4.30. The van der Waals surface area contributed by atoms with Crippen molar-refractivity contribution in [2.75, 3.05) is 12.4 Å². The minimum Gasteiger partial charge on any atom is -0.465 e. The number of methoxy groups -OCH3 is 1. The molecule has 0 bridgehead atoms. The van der Waals surface area contributed by atoms with E-state index in [9.17, 15) is 9.59 Å². The minimum atomic E-state index is -0.446. The van der Waals surface area contributed by atoms with Gasteiger partial charge >= 0.3 is 5.97 Å². The van der Waals surface area contributed by atoms with Crippen LogP contribution in [-0.4, -0.2) is 24.0 Å². The van der Waals surface area contributed by atoms with Gasteiger partial charge in [-0.15, -0.1) is 0 Å². The van der Waals surface area contributed by atoms with Gasteiger partial charge in [0.05, 0.1) is 12.8 Å². The largest absolute Gasteiger partial charge is 0.465 e. The van der Waals surface area contributed by atoms with Crippen molar-refractivity contribution < 1.29 is 14.3 Å². The van der Waals surface area contributed by atoms with Crippen LogP contribution in [0.25, 0.3) is 0 Å². The molecule has 1 aromatic heterocycles. The maximum Gasteiger partial charge on any atom is 0.350 e. The fourth-order valence-corrected chi connectivity index (χ4v) is 3.04. The van der Waals surface area contributed by atoms with Crippen molar-refractivity contribution in [3.8, 4) is 0 Å². The van der Waals surface area contributed by atoms with Crippen LogP contribution < -0.4 is 5.32 Å². The number of thiazole rings is 1. The first kappa shape index (κ1) is 17.1. The van der Waals surface area contributed by atoms with E-state index in [1.807, 2.05) is 12.1 Å². The van der Waals surface area contributed by atoms with Crippen molar-refractivity contribution in [1.29, 1.82) is 0 Å². The third-order valence-electron chi connectivity index (χ3n) is 3.25. The van der Waals surface area contributed by atoms with Crippen LogP contribution in [0.5, 0.6) is 0 Å². The van der Waals surface area contributed by atoms with Gasteiger partial charge in [0.1, 0.15) is 4.88 Å². The molecule has 1 aromatic carbocycles.